The van der Waals surface area contributed by atoms with Gasteiger partial charge in [0, 0.05) is 13.0 Å². The summed E-state index contributed by atoms with van der Waals surface area (Å²) < 4.78 is 5.74. The number of ether oxygens (including phenoxy) is 1. The minimum Gasteiger partial charge on any atom is -0.493 e. The molecule has 4 nitrogen and oxygen atoms in total. The molecule has 0 aliphatic carbocycles. The van der Waals surface area contributed by atoms with Crippen molar-refractivity contribution in [3.8, 4) is 5.75 Å². The van der Waals surface area contributed by atoms with Gasteiger partial charge in [0.2, 0.25) is 5.91 Å². The fourth-order valence-electron chi connectivity index (χ4n) is 3.10. The number of amides is 1. The van der Waals surface area contributed by atoms with Crippen LogP contribution in [-0.4, -0.2) is 25.6 Å². The third kappa shape index (κ3) is 8.10. The van der Waals surface area contributed by atoms with E-state index >= 15 is 0 Å². The first-order chi connectivity index (χ1) is 11.5. The number of hydrogen-bond donors (Lipinski definition) is 2. The highest BCUT2D eigenvalue weighted by Crippen LogP contribution is 2.22. The fraction of sp³-hybridized carbons (Fsp3) is 0.650. The lowest BCUT2D eigenvalue weighted by atomic mass is 9.85. The van der Waals surface area contributed by atoms with Crippen molar-refractivity contribution in [2.24, 2.45) is 17.8 Å². The first kappa shape index (κ1) is 21.8. The van der Waals surface area contributed by atoms with Crippen LogP contribution >= 0.6 is 12.4 Å². The first-order valence-electron chi connectivity index (χ1n) is 9.23. The molecule has 0 spiro atoms. The molecule has 0 aromatic heterocycles. The van der Waals surface area contributed by atoms with E-state index in [-0.39, 0.29) is 18.3 Å². The van der Waals surface area contributed by atoms with Crippen molar-refractivity contribution < 1.29 is 9.53 Å². The molecular formula is C20H33ClN2O2. The summed E-state index contributed by atoms with van der Waals surface area (Å²) in [7, 11) is 0. The molecule has 5 heteroatoms. The van der Waals surface area contributed by atoms with E-state index in [0.29, 0.717) is 37.3 Å². The van der Waals surface area contributed by atoms with Crippen molar-refractivity contribution in [1.29, 1.82) is 0 Å². The lowest BCUT2D eigenvalue weighted by molar-refractivity contribution is -0.122. The first-order valence-corrected chi connectivity index (χ1v) is 9.23. The van der Waals surface area contributed by atoms with Crippen molar-refractivity contribution in [2.75, 3.05) is 19.7 Å². The molecule has 2 atom stereocenters. The zero-order valence-electron chi connectivity index (χ0n) is 15.7. The molecular weight excluding hydrogens is 336 g/mol. The van der Waals surface area contributed by atoms with E-state index < -0.39 is 0 Å². The Hall–Kier alpha value is -1.26. The highest BCUT2D eigenvalue weighted by molar-refractivity contribution is 5.85. The third-order valence-electron chi connectivity index (χ3n) is 4.62. The molecule has 1 amide bonds. The van der Waals surface area contributed by atoms with Gasteiger partial charge in [-0.2, -0.15) is 0 Å². The average molecular weight is 369 g/mol. The predicted octanol–water partition coefficient (Wildman–Crippen LogP) is 3.79. The number of piperidine rings is 1. The number of benzene rings is 1. The fourth-order valence-corrected chi connectivity index (χ4v) is 3.10. The molecule has 2 unspecified atom stereocenters. The minimum atomic E-state index is 0. The van der Waals surface area contributed by atoms with Gasteiger partial charge in [0.05, 0.1) is 6.61 Å². The van der Waals surface area contributed by atoms with E-state index in [9.17, 15) is 4.79 Å². The molecule has 2 rings (SSSR count). The van der Waals surface area contributed by atoms with Gasteiger partial charge in [0.25, 0.3) is 0 Å². The van der Waals surface area contributed by atoms with Crippen LogP contribution in [0.1, 0.15) is 45.6 Å². The molecule has 1 fully saturated rings. The van der Waals surface area contributed by atoms with E-state index in [0.717, 1.165) is 24.4 Å². The van der Waals surface area contributed by atoms with E-state index in [2.05, 4.69) is 31.4 Å². The van der Waals surface area contributed by atoms with Crippen LogP contribution in [0.2, 0.25) is 0 Å². The third-order valence-corrected chi connectivity index (χ3v) is 4.62. The summed E-state index contributed by atoms with van der Waals surface area (Å²) in [5.74, 6) is 2.57. The Kier molecular flexibility index (Phi) is 9.91. The highest BCUT2D eigenvalue weighted by Gasteiger charge is 2.21. The maximum atomic E-state index is 12.2. The molecule has 25 heavy (non-hydrogen) atoms. The Morgan fingerprint density at radius 1 is 1.36 bits per heavy atom. The van der Waals surface area contributed by atoms with E-state index in [1.165, 1.54) is 12.8 Å². The Labute approximate surface area is 158 Å². The standard InChI is InChI=1S/C20H32N2O2.ClH/c1-15(2)14-24-19-8-4-6-17(11-19)12-22-20(23)10-16(3)18-7-5-9-21-13-18;/h4,6,8,11,15-16,18,21H,5,7,9-10,12-14H2,1-3H3,(H,22,23);1H. The van der Waals surface area contributed by atoms with Gasteiger partial charge in [-0.25, -0.2) is 0 Å². The van der Waals surface area contributed by atoms with Crippen LogP contribution in [0.4, 0.5) is 0 Å². The topological polar surface area (TPSA) is 50.4 Å². The normalized spacial score (nSPS) is 18.3. The second kappa shape index (κ2) is 11.4. The van der Waals surface area contributed by atoms with Gasteiger partial charge in [-0.05, 0) is 61.4 Å². The van der Waals surface area contributed by atoms with E-state index in [1.807, 2.05) is 24.3 Å². The van der Waals surface area contributed by atoms with Gasteiger partial charge in [-0.1, -0.05) is 32.9 Å². The summed E-state index contributed by atoms with van der Waals surface area (Å²) >= 11 is 0. The number of carbonyl (C=O) groups excluding carboxylic acids is 1. The van der Waals surface area contributed by atoms with Crippen molar-refractivity contribution in [1.82, 2.24) is 10.6 Å². The van der Waals surface area contributed by atoms with Crippen LogP contribution in [0.5, 0.6) is 5.75 Å². The molecule has 142 valence electrons. The van der Waals surface area contributed by atoms with Crippen molar-refractivity contribution in [3.05, 3.63) is 29.8 Å². The lowest BCUT2D eigenvalue weighted by Gasteiger charge is -2.28. The molecule has 1 aliphatic heterocycles. The second-order valence-corrected chi connectivity index (χ2v) is 7.42. The maximum Gasteiger partial charge on any atom is 0.220 e. The van der Waals surface area contributed by atoms with Gasteiger partial charge in [0.1, 0.15) is 5.75 Å². The monoisotopic (exact) mass is 368 g/mol. The highest BCUT2D eigenvalue weighted by atomic mass is 35.5. The molecule has 1 saturated heterocycles. The van der Waals surface area contributed by atoms with Crippen LogP contribution < -0.4 is 15.4 Å². The van der Waals surface area contributed by atoms with Crippen molar-refractivity contribution >= 4 is 18.3 Å². The largest absolute Gasteiger partial charge is 0.493 e. The predicted molar refractivity (Wildman–Crippen MR) is 105 cm³/mol. The minimum absolute atomic E-state index is 0. The summed E-state index contributed by atoms with van der Waals surface area (Å²) in [6.45, 7) is 9.89. The lowest BCUT2D eigenvalue weighted by Crippen LogP contribution is -2.35. The molecule has 1 heterocycles. The van der Waals surface area contributed by atoms with Gasteiger partial charge in [-0.3, -0.25) is 4.79 Å². The Balaban J connectivity index is 0.00000312. The molecule has 1 aromatic carbocycles. The van der Waals surface area contributed by atoms with E-state index in [1.54, 1.807) is 0 Å². The van der Waals surface area contributed by atoms with E-state index in [4.69, 9.17) is 4.74 Å². The molecule has 0 saturated carbocycles. The summed E-state index contributed by atoms with van der Waals surface area (Å²) in [6.07, 6.45) is 3.06. The Morgan fingerprint density at radius 3 is 2.84 bits per heavy atom. The van der Waals surface area contributed by atoms with Gasteiger partial charge >= 0.3 is 0 Å². The summed E-state index contributed by atoms with van der Waals surface area (Å²) in [4.78, 5) is 12.2. The zero-order chi connectivity index (χ0) is 17.4. The summed E-state index contributed by atoms with van der Waals surface area (Å²) in [5, 5.41) is 6.47. The van der Waals surface area contributed by atoms with Crippen molar-refractivity contribution in [2.45, 2.75) is 46.6 Å². The van der Waals surface area contributed by atoms with Gasteiger partial charge in [-0.15, -0.1) is 12.4 Å². The summed E-state index contributed by atoms with van der Waals surface area (Å²) in [5.41, 5.74) is 1.08. The quantitative estimate of drug-likeness (QED) is 0.734. The molecule has 1 aliphatic rings. The molecule has 2 N–H and O–H groups in total. The second-order valence-electron chi connectivity index (χ2n) is 7.42. The van der Waals surface area contributed by atoms with Gasteiger partial charge in [0.15, 0.2) is 0 Å². The number of rotatable bonds is 8. The molecule has 0 radical (unpaired) electrons. The smallest absolute Gasteiger partial charge is 0.220 e. The number of halogens is 1. The molecule has 1 aromatic rings. The Morgan fingerprint density at radius 2 is 2.16 bits per heavy atom. The Bertz CT molecular complexity index is 516. The number of hydrogen-bond acceptors (Lipinski definition) is 3. The van der Waals surface area contributed by atoms with Crippen LogP contribution in [0.15, 0.2) is 24.3 Å². The van der Waals surface area contributed by atoms with Crippen molar-refractivity contribution in [3.63, 3.8) is 0 Å². The van der Waals surface area contributed by atoms with Crippen LogP contribution in [0, 0.1) is 17.8 Å². The zero-order valence-corrected chi connectivity index (χ0v) is 16.5. The van der Waals surface area contributed by atoms with Crippen LogP contribution in [-0.2, 0) is 11.3 Å². The van der Waals surface area contributed by atoms with Crippen LogP contribution in [0.25, 0.3) is 0 Å². The SMILES string of the molecule is CC(C)COc1cccc(CNC(=O)CC(C)C2CCCNC2)c1.Cl. The summed E-state index contributed by atoms with van der Waals surface area (Å²) in [6, 6.07) is 7.98. The van der Waals surface area contributed by atoms with Gasteiger partial charge < -0.3 is 15.4 Å². The number of carbonyl (C=O) groups is 1. The van der Waals surface area contributed by atoms with Crippen LogP contribution in [0.3, 0.4) is 0 Å². The maximum absolute atomic E-state index is 12.2. The number of nitrogens with one attached hydrogen (secondary N) is 2. The average Bonchev–Trinajstić information content (AvgIpc) is 2.59. The molecule has 0 bridgehead atoms.